The molecule has 0 aromatic heterocycles. The van der Waals surface area contributed by atoms with Gasteiger partial charge >= 0.3 is 5.97 Å². The first-order valence-corrected chi connectivity index (χ1v) is 4.24. The van der Waals surface area contributed by atoms with E-state index in [2.05, 4.69) is 5.32 Å². The van der Waals surface area contributed by atoms with E-state index < -0.39 is 5.97 Å². The maximum atomic E-state index is 10.4. The van der Waals surface area contributed by atoms with Crippen molar-refractivity contribution >= 4 is 5.97 Å². The van der Waals surface area contributed by atoms with E-state index in [1.165, 1.54) is 0 Å². The van der Waals surface area contributed by atoms with Crippen molar-refractivity contribution in [1.82, 2.24) is 5.32 Å². The molecule has 0 aliphatic carbocycles. The third-order valence-electron chi connectivity index (χ3n) is 2.06. The van der Waals surface area contributed by atoms with Gasteiger partial charge in [0.25, 0.3) is 0 Å². The van der Waals surface area contributed by atoms with Crippen molar-refractivity contribution in [2.45, 2.75) is 19.4 Å². The van der Waals surface area contributed by atoms with Crippen LogP contribution in [0.5, 0.6) is 0 Å². The fourth-order valence-electron chi connectivity index (χ4n) is 1.13. The molecule has 1 heterocycles. The van der Waals surface area contributed by atoms with Crippen LogP contribution in [0.2, 0.25) is 0 Å². The van der Waals surface area contributed by atoms with E-state index in [4.69, 9.17) is 9.84 Å². The molecule has 70 valence electrons. The zero-order valence-electron chi connectivity index (χ0n) is 7.25. The molecule has 0 amide bonds. The normalized spacial score (nSPS) is 25.6. The Balaban J connectivity index is 2.11. The van der Waals surface area contributed by atoms with Crippen LogP contribution in [-0.4, -0.2) is 36.9 Å². The van der Waals surface area contributed by atoms with Gasteiger partial charge in [-0.2, -0.15) is 0 Å². The van der Waals surface area contributed by atoms with Crippen molar-refractivity contribution in [3.05, 3.63) is 0 Å². The van der Waals surface area contributed by atoms with Gasteiger partial charge in [-0.25, -0.2) is 0 Å². The molecule has 1 saturated heterocycles. The largest absolute Gasteiger partial charge is 0.481 e. The molecule has 2 unspecified atom stereocenters. The Morgan fingerprint density at radius 2 is 2.58 bits per heavy atom. The van der Waals surface area contributed by atoms with Gasteiger partial charge in [0.15, 0.2) is 0 Å². The number of carbonyl (C=O) groups is 1. The molecule has 1 rings (SSSR count). The Kier molecular flexibility index (Phi) is 3.49. The average Bonchev–Trinajstić information content (AvgIpc) is 2.51. The van der Waals surface area contributed by atoms with Gasteiger partial charge in [0.2, 0.25) is 0 Å². The van der Waals surface area contributed by atoms with E-state index in [0.717, 1.165) is 13.0 Å². The van der Waals surface area contributed by atoms with Crippen molar-refractivity contribution in [1.29, 1.82) is 0 Å². The predicted octanol–water partition coefficient (Wildman–Crippen LogP) is 0.0856. The van der Waals surface area contributed by atoms with Crippen molar-refractivity contribution in [2.24, 2.45) is 5.92 Å². The third kappa shape index (κ3) is 2.79. The Labute approximate surface area is 71.9 Å². The van der Waals surface area contributed by atoms with Gasteiger partial charge in [-0.05, 0) is 6.42 Å². The maximum absolute atomic E-state index is 10.4. The molecular weight excluding hydrogens is 158 g/mol. The minimum Gasteiger partial charge on any atom is -0.481 e. The quantitative estimate of drug-likeness (QED) is 0.632. The Morgan fingerprint density at radius 3 is 3.08 bits per heavy atom. The van der Waals surface area contributed by atoms with E-state index in [0.29, 0.717) is 19.2 Å². The zero-order valence-corrected chi connectivity index (χ0v) is 7.25. The summed E-state index contributed by atoms with van der Waals surface area (Å²) in [5, 5.41) is 11.7. The van der Waals surface area contributed by atoms with Crippen molar-refractivity contribution < 1.29 is 14.6 Å². The molecule has 0 bridgehead atoms. The van der Waals surface area contributed by atoms with Crippen LogP contribution < -0.4 is 5.32 Å². The van der Waals surface area contributed by atoms with Crippen LogP contribution in [0.15, 0.2) is 0 Å². The first-order valence-electron chi connectivity index (χ1n) is 4.24. The van der Waals surface area contributed by atoms with Gasteiger partial charge in [0, 0.05) is 19.2 Å². The Bertz CT molecular complexity index is 154. The third-order valence-corrected chi connectivity index (χ3v) is 2.06. The highest BCUT2D eigenvalue weighted by Crippen LogP contribution is 2.03. The summed E-state index contributed by atoms with van der Waals surface area (Å²) in [5.74, 6) is -1.06. The number of rotatable bonds is 4. The molecular formula is C8H15NO3. The minimum absolute atomic E-state index is 0.314. The van der Waals surface area contributed by atoms with E-state index >= 15 is 0 Å². The number of hydrogen-bond acceptors (Lipinski definition) is 3. The van der Waals surface area contributed by atoms with Crippen LogP contribution in [0.4, 0.5) is 0 Å². The summed E-state index contributed by atoms with van der Waals surface area (Å²) in [6.45, 7) is 3.74. The molecule has 0 aromatic rings. The predicted molar refractivity (Wildman–Crippen MR) is 44.0 cm³/mol. The fourth-order valence-corrected chi connectivity index (χ4v) is 1.13. The fraction of sp³-hybridized carbons (Fsp3) is 0.875. The number of nitrogens with one attached hydrogen (secondary N) is 1. The van der Waals surface area contributed by atoms with Gasteiger partial charge in [-0.1, -0.05) is 6.92 Å². The second-order valence-electron chi connectivity index (χ2n) is 3.21. The smallest absolute Gasteiger partial charge is 0.307 e. The molecule has 4 heteroatoms. The molecule has 0 saturated carbocycles. The lowest BCUT2D eigenvalue weighted by Crippen LogP contribution is -2.35. The minimum atomic E-state index is -0.749. The highest BCUT2D eigenvalue weighted by molar-refractivity contribution is 5.69. The van der Waals surface area contributed by atoms with Gasteiger partial charge in [0.05, 0.1) is 12.5 Å². The van der Waals surface area contributed by atoms with Gasteiger partial charge in [0.1, 0.15) is 0 Å². The molecule has 2 atom stereocenters. The summed E-state index contributed by atoms with van der Waals surface area (Å²) in [7, 11) is 0. The number of aliphatic carboxylic acids is 1. The van der Waals surface area contributed by atoms with Crippen LogP contribution >= 0.6 is 0 Å². The van der Waals surface area contributed by atoms with E-state index in [1.807, 2.05) is 0 Å². The van der Waals surface area contributed by atoms with Crippen LogP contribution in [0, 0.1) is 5.92 Å². The lowest BCUT2D eigenvalue weighted by Gasteiger charge is -2.12. The summed E-state index contributed by atoms with van der Waals surface area (Å²) in [5.41, 5.74) is 0. The van der Waals surface area contributed by atoms with Gasteiger partial charge < -0.3 is 15.2 Å². The lowest BCUT2D eigenvalue weighted by molar-refractivity contribution is -0.140. The first-order chi connectivity index (χ1) is 5.70. The van der Waals surface area contributed by atoms with Crippen LogP contribution in [0.1, 0.15) is 13.3 Å². The SMILES string of the molecule is CC(CNC1CCOC1)C(=O)O. The van der Waals surface area contributed by atoms with Crippen molar-refractivity contribution in [3.63, 3.8) is 0 Å². The molecule has 0 spiro atoms. The molecule has 12 heavy (non-hydrogen) atoms. The molecule has 0 radical (unpaired) electrons. The van der Waals surface area contributed by atoms with E-state index in [1.54, 1.807) is 6.92 Å². The van der Waals surface area contributed by atoms with Crippen molar-refractivity contribution in [2.75, 3.05) is 19.8 Å². The summed E-state index contributed by atoms with van der Waals surface area (Å²) in [6, 6.07) is 0.354. The maximum Gasteiger partial charge on any atom is 0.307 e. The Hall–Kier alpha value is -0.610. The van der Waals surface area contributed by atoms with Gasteiger partial charge in [-0.15, -0.1) is 0 Å². The second-order valence-corrected chi connectivity index (χ2v) is 3.21. The number of hydrogen-bond donors (Lipinski definition) is 2. The monoisotopic (exact) mass is 173 g/mol. The molecule has 4 nitrogen and oxygen atoms in total. The number of carboxylic acid groups (broad SMARTS) is 1. The van der Waals surface area contributed by atoms with Crippen molar-refractivity contribution in [3.8, 4) is 0 Å². The first kappa shape index (κ1) is 9.48. The molecule has 2 N–H and O–H groups in total. The second kappa shape index (κ2) is 4.42. The zero-order chi connectivity index (χ0) is 8.97. The van der Waals surface area contributed by atoms with Gasteiger partial charge in [-0.3, -0.25) is 4.79 Å². The van der Waals surface area contributed by atoms with Crippen LogP contribution in [0.3, 0.4) is 0 Å². The summed E-state index contributed by atoms with van der Waals surface area (Å²) < 4.78 is 5.14. The van der Waals surface area contributed by atoms with Crippen LogP contribution in [0.25, 0.3) is 0 Å². The Morgan fingerprint density at radius 1 is 1.83 bits per heavy atom. The summed E-state index contributed by atoms with van der Waals surface area (Å²) in [4.78, 5) is 10.4. The average molecular weight is 173 g/mol. The summed E-state index contributed by atoms with van der Waals surface area (Å²) >= 11 is 0. The molecule has 1 aliphatic heterocycles. The highest BCUT2D eigenvalue weighted by atomic mass is 16.5. The van der Waals surface area contributed by atoms with Crippen LogP contribution in [-0.2, 0) is 9.53 Å². The number of carboxylic acids is 1. The standard InChI is InChI=1S/C8H15NO3/c1-6(8(10)11)4-9-7-2-3-12-5-7/h6-7,9H,2-5H2,1H3,(H,10,11). The molecule has 0 aromatic carbocycles. The molecule has 1 aliphatic rings. The summed E-state index contributed by atoms with van der Waals surface area (Å²) in [6.07, 6.45) is 0.992. The molecule has 1 fully saturated rings. The van der Waals surface area contributed by atoms with E-state index in [-0.39, 0.29) is 5.92 Å². The van der Waals surface area contributed by atoms with E-state index in [9.17, 15) is 4.79 Å². The topological polar surface area (TPSA) is 58.6 Å². The number of ether oxygens (including phenoxy) is 1. The lowest BCUT2D eigenvalue weighted by atomic mass is 10.1. The highest BCUT2D eigenvalue weighted by Gasteiger charge is 2.17.